The Bertz CT molecular complexity index is 1070. The molecule has 0 unspecified atom stereocenters. The summed E-state index contributed by atoms with van der Waals surface area (Å²) in [5.74, 6) is -0.815. The third kappa shape index (κ3) is 2.02. The summed E-state index contributed by atoms with van der Waals surface area (Å²) >= 11 is 0. The first-order chi connectivity index (χ1) is 14.2. The lowest BCUT2D eigenvalue weighted by Crippen LogP contribution is -2.41. The van der Waals surface area contributed by atoms with E-state index in [-0.39, 0.29) is 35.5 Å². The average molecular weight is 379 g/mol. The van der Waals surface area contributed by atoms with Crippen LogP contribution < -0.4 is 4.90 Å². The van der Waals surface area contributed by atoms with E-state index in [4.69, 9.17) is 0 Å². The number of hydrogen-bond acceptors (Lipinski definition) is 2. The minimum absolute atomic E-state index is 0.0418. The van der Waals surface area contributed by atoms with Crippen molar-refractivity contribution >= 4 is 17.5 Å². The van der Waals surface area contributed by atoms with Crippen LogP contribution in [0.15, 0.2) is 72.8 Å². The molecule has 1 aliphatic heterocycles. The van der Waals surface area contributed by atoms with Crippen LogP contribution in [0.1, 0.15) is 46.6 Å². The first-order valence-electron chi connectivity index (χ1n) is 10.4. The molecule has 2 atom stereocenters. The molecule has 142 valence electrons. The van der Waals surface area contributed by atoms with Gasteiger partial charge in [0.1, 0.15) is 0 Å². The van der Waals surface area contributed by atoms with Gasteiger partial charge >= 0.3 is 0 Å². The van der Waals surface area contributed by atoms with Crippen molar-refractivity contribution in [2.24, 2.45) is 11.8 Å². The lowest BCUT2D eigenvalue weighted by molar-refractivity contribution is -0.122. The normalized spacial score (nSPS) is 26.3. The maximum Gasteiger partial charge on any atom is 0.238 e. The number of carbonyl (C=O) groups is 2. The van der Waals surface area contributed by atoms with Crippen molar-refractivity contribution in [2.45, 2.75) is 25.2 Å². The molecule has 0 N–H and O–H groups in total. The number of rotatable bonds is 2. The lowest BCUT2D eigenvalue weighted by atomic mass is 9.55. The summed E-state index contributed by atoms with van der Waals surface area (Å²) in [6, 6.07) is 24.5. The van der Waals surface area contributed by atoms with Crippen molar-refractivity contribution in [1.82, 2.24) is 0 Å². The van der Waals surface area contributed by atoms with Crippen LogP contribution in [0.2, 0.25) is 0 Å². The summed E-state index contributed by atoms with van der Waals surface area (Å²) in [6.45, 7) is 2.06. The molecule has 1 fully saturated rings. The zero-order chi connectivity index (χ0) is 19.7. The van der Waals surface area contributed by atoms with Gasteiger partial charge in [-0.25, -0.2) is 4.90 Å². The quantitative estimate of drug-likeness (QED) is 0.608. The van der Waals surface area contributed by atoms with E-state index in [9.17, 15) is 9.59 Å². The fourth-order valence-electron chi connectivity index (χ4n) is 5.94. The van der Waals surface area contributed by atoms with E-state index in [0.29, 0.717) is 0 Å². The topological polar surface area (TPSA) is 37.4 Å². The number of amides is 2. The average Bonchev–Trinajstić information content (AvgIpc) is 3.04. The second kappa shape index (κ2) is 5.90. The maximum absolute atomic E-state index is 13.7. The molecule has 3 heteroatoms. The Morgan fingerprint density at radius 1 is 0.655 bits per heavy atom. The Morgan fingerprint density at radius 3 is 1.52 bits per heavy atom. The Hall–Kier alpha value is -3.20. The SMILES string of the molecule is CCc1ccccc1N1C(=O)[C@@H]2C3c4ccccc4C(c4ccccc43)[C@H]2C1=O. The second-order valence-corrected chi connectivity index (χ2v) is 8.26. The van der Waals surface area contributed by atoms with Gasteiger partial charge in [0.05, 0.1) is 17.5 Å². The molecule has 0 radical (unpaired) electrons. The number of hydrogen-bond donors (Lipinski definition) is 0. The highest BCUT2D eigenvalue weighted by Gasteiger charge is 2.61. The zero-order valence-corrected chi connectivity index (χ0v) is 16.2. The summed E-state index contributed by atoms with van der Waals surface area (Å²) in [5.41, 5.74) is 6.64. The summed E-state index contributed by atoms with van der Waals surface area (Å²) < 4.78 is 0. The summed E-state index contributed by atoms with van der Waals surface area (Å²) in [7, 11) is 0. The highest BCUT2D eigenvalue weighted by atomic mass is 16.2. The van der Waals surface area contributed by atoms with Crippen LogP contribution in [0.25, 0.3) is 0 Å². The van der Waals surface area contributed by atoms with Gasteiger partial charge in [-0.3, -0.25) is 9.59 Å². The van der Waals surface area contributed by atoms with Crippen molar-refractivity contribution < 1.29 is 9.59 Å². The second-order valence-electron chi connectivity index (χ2n) is 8.26. The van der Waals surface area contributed by atoms with Gasteiger partial charge in [-0.05, 0) is 40.3 Å². The number of carbonyl (C=O) groups excluding carboxylic acids is 2. The first kappa shape index (κ1) is 16.7. The van der Waals surface area contributed by atoms with E-state index in [1.54, 1.807) is 0 Å². The molecule has 3 aromatic carbocycles. The van der Waals surface area contributed by atoms with E-state index in [1.165, 1.54) is 27.2 Å². The van der Waals surface area contributed by atoms with E-state index in [1.807, 2.05) is 48.5 Å². The molecular weight excluding hydrogens is 358 g/mol. The third-order valence-corrected chi connectivity index (χ3v) is 7.06. The largest absolute Gasteiger partial charge is 0.274 e. The molecule has 29 heavy (non-hydrogen) atoms. The van der Waals surface area contributed by atoms with Gasteiger partial charge in [0.15, 0.2) is 0 Å². The fourth-order valence-corrected chi connectivity index (χ4v) is 5.94. The molecule has 3 nitrogen and oxygen atoms in total. The molecule has 0 saturated carbocycles. The van der Waals surface area contributed by atoms with Gasteiger partial charge in [0, 0.05) is 11.8 Å². The van der Waals surface area contributed by atoms with E-state index >= 15 is 0 Å². The maximum atomic E-state index is 13.7. The Labute approximate surface area is 170 Å². The Morgan fingerprint density at radius 2 is 1.07 bits per heavy atom. The van der Waals surface area contributed by atoms with Crippen molar-refractivity contribution in [2.75, 3.05) is 4.90 Å². The van der Waals surface area contributed by atoms with Crippen LogP contribution in [0.5, 0.6) is 0 Å². The number of imide groups is 1. The van der Waals surface area contributed by atoms with Gasteiger partial charge in [-0.15, -0.1) is 0 Å². The molecule has 1 saturated heterocycles. The van der Waals surface area contributed by atoms with Crippen LogP contribution in [-0.4, -0.2) is 11.8 Å². The molecule has 3 aliphatic carbocycles. The van der Waals surface area contributed by atoms with Crippen molar-refractivity contribution in [3.8, 4) is 0 Å². The zero-order valence-electron chi connectivity index (χ0n) is 16.2. The van der Waals surface area contributed by atoms with Crippen LogP contribution in [0.4, 0.5) is 5.69 Å². The summed E-state index contributed by atoms with van der Waals surface area (Å²) in [6.07, 6.45) is 0.788. The molecule has 2 bridgehead atoms. The standard InChI is InChI=1S/C26H21NO2/c1-2-15-9-3-8-14-20(15)27-25(28)23-21-16-10-4-5-11-17(16)22(24(23)26(27)29)19-13-7-6-12-18(19)21/h3-14,21-24H,2H2,1H3/t21?,22?,23-,24-/m1/s1. The number of aryl methyl sites for hydroxylation is 1. The summed E-state index contributed by atoms with van der Waals surface area (Å²) in [4.78, 5) is 29.0. The molecule has 0 aromatic heterocycles. The van der Waals surface area contributed by atoms with Gasteiger partial charge < -0.3 is 0 Å². The molecule has 1 heterocycles. The lowest BCUT2D eigenvalue weighted by Gasteiger charge is -2.45. The predicted molar refractivity (Wildman–Crippen MR) is 112 cm³/mol. The highest BCUT2D eigenvalue weighted by Crippen LogP contribution is 2.61. The monoisotopic (exact) mass is 379 g/mol. The van der Waals surface area contributed by atoms with Gasteiger partial charge in [0.25, 0.3) is 0 Å². The minimum atomic E-state index is -0.317. The first-order valence-corrected chi connectivity index (χ1v) is 10.4. The predicted octanol–water partition coefficient (Wildman–Crippen LogP) is 4.65. The number of para-hydroxylation sites is 1. The van der Waals surface area contributed by atoms with E-state index in [0.717, 1.165) is 17.7 Å². The minimum Gasteiger partial charge on any atom is -0.274 e. The van der Waals surface area contributed by atoms with Crippen LogP contribution in [0, 0.1) is 11.8 Å². The van der Waals surface area contributed by atoms with Crippen molar-refractivity contribution in [3.63, 3.8) is 0 Å². The van der Waals surface area contributed by atoms with Crippen molar-refractivity contribution in [3.05, 3.63) is 101 Å². The smallest absolute Gasteiger partial charge is 0.238 e. The van der Waals surface area contributed by atoms with Gasteiger partial charge in [0.2, 0.25) is 11.8 Å². The molecule has 7 rings (SSSR count). The van der Waals surface area contributed by atoms with Crippen molar-refractivity contribution in [1.29, 1.82) is 0 Å². The fraction of sp³-hybridized carbons (Fsp3) is 0.231. The molecule has 2 amide bonds. The third-order valence-electron chi connectivity index (χ3n) is 7.06. The Kier molecular flexibility index (Phi) is 3.40. The summed E-state index contributed by atoms with van der Waals surface area (Å²) in [5, 5.41) is 0. The van der Waals surface area contributed by atoms with Crippen LogP contribution >= 0.6 is 0 Å². The number of anilines is 1. The van der Waals surface area contributed by atoms with Crippen LogP contribution in [0.3, 0.4) is 0 Å². The molecule has 3 aromatic rings. The van der Waals surface area contributed by atoms with Gasteiger partial charge in [-0.1, -0.05) is 73.7 Å². The highest BCUT2D eigenvalue weighted by molar-refractivity contribution is 6.23. The molecule has 0 spiro atoms. The van der Waals surface area contributed by atoms with Crippen LogP contribution in [-0.2, 0) is 16.0 Å². The van der Waals surface area contributed by atoms with Gasteiger partial charge in [-0.2, -0.15) is 0 Å². The number of nitrogens with zero attached hydrogens (tertiary/aromatic N) is 1. The van der Waals surface area contributed by atoms with E-state index < -0.39 is 0 Å². The molecular formula is C26H21NO2. The number of benzene rings is 3. The molecule has 4 aliphatic rings. The van der Waals surface area contributed by atoms with E-state index in [2.05, 4.69) is 31.2 Å². The Balaban J connectivity index is 1.58.